The number of nitrogens with zero attached hydrogens (tertiary/aromatic N) is 2. The monoisotopic (exact) mass is 701 g/mol. The zero-order chi connectivity index (χ0) is 28.7. The van der Waals surface area contributed by atoms with Crippen molar-refractivity contribution in [3.63, 3.8) is 0 Å². The number of nitrogens with one attached hydrogen (secondary N) is 1. The molecule has 0 saturated carbocycles. The van der Waals surface area contributed by atoms with Crippen LogP contribution in [0.3, 0.4) is 0 Å². The van der Waals surface area contributed by atoms with E-state index in [-0.39, 0.29) is 23.3 Å². The lowest BCUT2D eigenvalue weighted by atomic mass is 10.1. The molecule has 2 amide bonds. The van der Waals surface area contributed by atoms with Gasteiger partial charge in [0.15, 0.2) is 0 Å². The van der Waals surface area contributed by atoms with Crippen LogP contribution in [0.15, 0.2) is 77.7 Å². The van der Waals surface area contributed by atoms with E-state index in [2.05, 4.69) is 27.9 Å². The number of hydrogen-bond acceptors (Lipinski definition) is 4. The standard InChI is InChI=1S/C28H30Cl2IN3O4S/c1-19(2)16-32-28(36)20(3)33(17-21-9-10-22(29)15-26(21)30)27(35)18-34(24-13-11-23(31)12-14-24)39(37,38)25-7-5-4-6-8-25/h4-15,19-20H,16-18H2,1-3H3,(H,32,36)/t20-/m1/s1. The molecule has 0 aromatic heterocycles. The van der Waals surface area contributed by atoms with Gasteiger partial charge in [0.2, 0.25) is 11.8 Å². The second-order valence-corrected chi connectivity index (χ2v) is 13.3. The molecule has 11 heteroatoms. The van der Waals surface area contributed by atoms with Gasteiger partial charge in [-0.15, -0.1) is 0 Å². The van der Waals surface area contributed by atoms with E-state index in [1.54, 1.807) is 67.6 Å². The van der Waals surface area contributed by atoms with Crippen LogP contribution in [0, 0.1) is 9.49 Å². The fourth-order valence-corrected chi connectivity index (χ4v) is 5.99. The fourth-order valence-electron chi connectivity index (χ4n) is 3.72. The molecule has 0 radical (unpaired) electrons. The molecule has 0 fully saturated rings. The molecular formula is C28H30Cl2IN3O4S. The molecule has 0 aliphatic carbocycles. The van der Waals surface area contributed by atoms with E-state index >= 15 is 0 Å². The van der Waals surface area contributed by atoms with Gasteiger partial charge < -0.3 is 10.2 Å². The summed E-state index contributed by atoms with van der Waals surface area (Å²) in [6, 6.07) is 18.7. The van der Waals surface area contributed by atoms with Gasteiger partial charge in [0.1, 0.15) is 12.6 Å². The molecule has 1 atom stereocenters. The Kier molecular flexibility index (Phi) is 11.1. The van der Waals surface area contributed by atoms with Crippen molar-refractivity contribution in [2.75, 3.05) is 17.4 Å². The van der Waals surface area contributed by atoms with Crippen LogP contribution in [0.2, 0.25) is 10.0 Å². The quantitative estimate of drug-likeness (QED) is 0.249. The zero-order valence-corrected chi connectivity index (χ0v) is 26.3. The van der Waals surface area contributed by atoms with E-state index in [0.717, 1.165) is 7.88 Å². The summed E-state index contributed by atoms with van der Waals surface area (Å²) in [5.41, 5.74) is 0.902. The highest BCUT2D eigenvalue weighted by Gasteiger charge is 2.32. The van der Waals surface area contributed by atoms with E-state index in [9.17, 15) is 18.0 Å². The van der Waals surface area contributed by atoms with Crippen molar-refractivity contribution in [1.82, 2.24) is 10.2 Å². The average Bonchev–Trinajstić information content (AvgIpc) is 2.90. The zero-order valence-electron chi connectivity index (χ0n) is 21.8. The summed E-state index contributed by atoms with van der Waals surface area (Å²) < 4.78 is 29.5. The number of carbonyl (C=O) groups is 2. The molecule has 1 N–H and O–H groups in total. The molecule has 0 bridgehead atoms. The summed E-state index contributed by atoms with van der Waals surface area (Å²) in [5, 5.41) is 3.62. The summed E-state index contributed by atoms with van der Waals surface area (Å²) in [4.78, 5) is 28.3. The minimum absolute atomic E-state index is 0.0169. The van der Waals surface area contributed by atoms with Gasteiger partial charge in [0, 0.05) is 26.7 Å². The van der Waals surface area contributed by atoms with Gasteiger partial charge in [0.25, 0.3) is 10.0 Å². The first kappa shape index (κ1) is 31.2. The maximum atomic E-state index is 13.9. The van der Waals surface area contributed by atoms with E-state index < -0.39 is 28.5 Å². The van der Waals surface area contributed by atoms with Gasteiger partial charge in [-0.25, -0.2) is 8.42 Å². The van der Waals surface area contributed by atoms with Crippen LogP contribution in [0.1, 0.15) is 26.3 Å². The van der Waals surface area contributed by atoms with Crippen LogP contribution in [0.4, 0.5) is 5.69 Å². The second-order valence-electron chi connectivity index (χ2n) is 9.37. The number of carbonyl (C=O) groups excluding carboxylic acids is 2. The van der Waals surface area contributed by atoms with Crippen LogP contribution in [-0.2, 0) is 26.2 Å². The lowest BCUT2D eigenvalue weighted by molar-refractivity contribution is -0.139. The third-order valence-corrected chi connectivity index (χ3v) is 9.03. The molecule has 3 aromatic rings. The molecule has 7 nitrogen and oxygen atoms in total. The minimum atomic E-state index is -4.11. The van der Waals surface area contributed by atoms with Crippen LogP contribution in [0.25, 0.3) is 0 Å². The maximum Gasteiger partial charge on any atom is 0.264 e. The van der Waals surface area contributed by atoms with E-state index in [1.807, 2.05) is 13.8 Å². The smallest absolute Gasteiger partial charge is 0.264 e. The Morgan fingerprint density at radius 2 is 1.59 bits per heavy atom. The predicted molar refractivity (Wildman–Crippen MR) is 164 cm³/mol. The van der Waals surface area contributed by atoms with Crippen molar-refractivity contribution in [3.05, 3.63) is 92.0 Å². The molecule has 3 aromatic carbocycles. The highest BCUT2D eigenvalue weighted by Crippen LogP contribution is 2.27. The largest absolute Gasteiger partial charge is 0.354 e. The van der Waals surface area contributed by atoms with Crippen LogP contribution >= 0.6 is 45.8 Å². The van der Waals surface area contributed by atoms with Gasteiger partial charge in [-0.1, -0.05) is 61.3 Å². The number of sulfonamides is 1. The van der Waals surface area contributed by atoms with E-state index in [0.29, 0.717) is 27.8 Å². The van der Waals surface area contributed by atoms with Gasteiger partial charge in [-0.05, 0) is 89.5 Å². The lowest BCUT2D eigenvalue weighted by Crippen LogP contribution is -2.51. The summed E-state index contributed by atoms with van der Waals surface area (Å²) >= 11 is 14.6. The van der Waals surface area contributed by atoms with E-state index in [4.69, 9.17) is 23.2 Å². The molecule has 0 heterocycles. The van der Waals surface area contributed by atoms with Crippen molar-refractivity contribution in [3.8, 4) is 0 Å². The van der Waals surface area contributed by atoms with Gasteiger partial charge >= 0.3 is 0 Å². The maximum absolute atomic E-state index is 13.9. The molecule has 0 unspecified atom stereocenters. The van der Waals surface area contributed by atoms with Gasteiger partial charge in [0.05, 0.1) is 10.6 Å². The van der Waals surface area contributed by atoms with E-state index in [1.165, 1.54) is 17.0 Å². The molecule has 0 saturated heterocycles. The SMILES string of the molecule is CC(C)CNC(=O)[C@@H](C)N(Cc1ccc(Cl)cc1Cl)C(=O)CN(c1ccc(I)cc1)S(=O)(=O)c1ccccc1. The Morgan fingerprint density at radius 3 is 2.18 bits per heavy atom. The summed E-state index contributed by atoms with van der Waals surface area (Å²) in [6.45, 7) is 5.44. The first-order valence-electron chi connectivity index (χ1n) is 12.2. The first-order valence-corrected chi connectivity index (χ1v) is 15.5. The predicted octanol–water partition coefficient (Wildman–Crippen LogP) is 5.98. The van der Waals surface area contributed by atoms with Crippen molar-refractivity contribution >= 4 is 73.3 Å². The van der Waals surface area contributed by atoms with Gasteiger partial charge in [-0.3, -0.25) is 13.9 Å². The number of hydrogen-bond donors (Lipinski definition) is 1. The number of benzene rings is 3. The highest BCUT2D eigenvalue weighted by atomic mass is 127. The number of amides is 2. The van der Waals surface area contributed by atoms with Crippen molar-refractivity contribution in [1.29, 1.82) is 0 Å². The normalized spacial score (nSPS) is 12.2. The molecule has 39 heavy (non-hydrogen) atoms. The first-order chi connectivity index (χ1) is 18.4. The number of anilines is 1. The fraction of sp³-hybridized carbons (Fsp3) is 0.286. The molecule has 3 rings (SSSR count). The summed E-state index contributed by atoms with van der Waals surface area (Å²) in [5.74, 6) is -0.705. The van der Waals surface area contributed by atoms with Crippen LogP contribution in [0.5, 0.6) is 0 Å². The molecular weight excluding hydrogens is 672 g/mol. The Morgan fingerprint density at radius 1 is 0.949 bits per heavy atom. The number of halogens is 3. The lowest BCUT2D eigenvalue weighted by Gasteiger charge is -2.32. The minimum Gasteiger partial charge on any atom is -0.354 e. The molecule has 0 aliphatic heterocycles. The molecule has 0 spiro atoms. The van der Waals surface area contributed by atoms with Crippen molar-refractivity contribution in [2.24, 2.45) is 5.92 Å². The molecule has 208 valence electrons. The summed E-state index contributed by atoms with van der Waals surface area (Å²) in [6.07, 6.45) is 0. The third-order valence-electron chi connectivity index (χ3n) is 5.93. The number of rotatable bonds is 11. The average molecular weight is 702 g/mol. The highest BCUT2D eigenvalue weighted by molar-refractivity contribution is 14.1. The molecule has 0 aliphatic rings. The topological polar surface area (TPSA) is 86.8 Å². The van der Waals surface area contributed by atoms with Crippen molar-refractivity contribution < 1.29 is 18.0 Å². The Bertz CT molecular complexity index is 1400. The second kappa shape index (κ2) is 13.8. The Balaban J connectivity index is 2.01. The van der Waals surface area contributed by atoms with Gasteiger partial charge in [-0.2, -0.15) is 0 Å². The van der Waals surface area contributed by atoms with Crippen LogP contribution in [-0.4, -0.2) is 44.3 Å². The van der Waals surface area contributed by atoms with Crippen molar-refractivity contribution in [2.45, 2.75) is 38.3 Å². The Labute approximate surface area is 253 Å². The summed E-state index contributed by atoms with van der Waals surface area (Å²) in [7, 11) is -4.11. The van der Waals surface area contributed by atoms with Crippen LogP contribution < -0.4 is 9.62 Å². The third kappa shape index (κ3) is 8.33. The Hall–Kier alpha value is -2.34.